The average molecular weight is 418 g/mol. The van der Waals surface area contributed by atoms with Crippen molar-refractivity contribution in [3.63, 3.8) is 0 Å². The van der Waals surface area contributed by atoms with Crippen molar-refractivity contribution in [3.8, 4) is 0 Å². The van der Waals surface area contributed by atoms with Crippen LogP contribution >= 0.6 is 11.3 Å². The van der Waals surface area contributed by atoms with E-state index in [1.807, 2.05) is 6.92 Å². The molecule has 0 spiro atoms. The summed E-state index contributed by atoms with van der Waals surface area (Å²) in [6.45, 7) is 6.94. The number of nitro groups is 1. The molecule has 9 heteroatoms. The Morgan fingerprint density at radius 2 is 2.07 bits per heavy atom. The van der Waals surface area contributed by atoms with Gasteiger partial charge in [-0.2, -0.15) is 0 Å². The standard InChI is InChI=1S/C20H27N5O3S/c1-2-21-20(22-14-16-6-3-4-7-17(16)25(26)27)23-15-18(19-8-5-13-29-19)24-9-11-28-12-10-24/h3-8,13,18H,2,9-12,14-15H2,1H3,(H2,21,22,23). The molecule has 0 saturated carbocycles. The number of hydrogen-bond donors (Lipinski definition) is 2. The third-order valence-corrected chi connectivity index (χ3v) is 5.73. The van der Waals surface area contributed by atoms with Gasteiger partial charge >= 0.3 is 0 Å². The van der Waals surface area contributed by atoms with Crippen molar-refractivity contribution in [3.05, 3.63) is 62.3 Å². The smallest absolute Gasteiger partial charge is 0.274 e. The molecule has 1 aromatic heterocycles. The molecule has 3 rings (SSSR count). The summed E-state index contributed by atoms with van der Waals surface area (Å²) in [7, 11) is 0. The van der Waals surface area contributed by atoms with E-state index < -0.39 is 0 Å². The van der Waals surface area contributed by atoms with Crippen molar-refractivity contribution in [2.24, 2.45) is 4.99 Å². The van der Waals surface area contributed by atoms with Crippen LogP contribution in [0.15, 0.2) is 46.8 Å². The van der Waals surface area contributed by atoms with E-state index in [0.717, 1.165) is 26.3 Å². The lowest BCUT2D eigenvalue weighted by molar-refractivity contribution is -0.385. The molecule has 1 aromatic carbocycles. The third kappa shape index (κ3) is 5.99. The molecule has 1 unspecified atom stereocenters. The van der Waals surface area contributed by atoms with Crippen molar-refractivity contribution in [1.82, 2.24) is 15.5 Å². The van der Waals surface area contributed by atoms with E-state index in [0.29, 0.717) is 24.6 Å². The number of para-hydroxylation sites is 1. The van der Waals surface area contributed by atoms with Gasteiger partial charge in [0.05, 0.1) is 36.3 Å². The Hall–Kier alpha value is -2.49. The molecule has 0 amide bonds. The summed E-state index contributed by atoms with van der Waals surface area (Å²) in [5, 5.41) is 20.0. The molecule has 2 aromatic rings. The Labute approximate surface area is 174 Å². The van der Waals surface area contributed by atoms with Crippen LogP contribution in [0.25, 0.3) is 0 Å². The normalized spacial score (nSPS) is 16.4. The van der Waals surface area contributed by atoms with Gasteiger partial charge in [0, 0.05) is 37.1 Å². The fraction of sp³-hybridized carbons (Fsp3) is 0.450. The zero-order valence-electron chi connectivity index (χ0n) is 16.5. The van der Waals surface area contributed by atoms with Gasteiger partial charge in [-0.3, -0.25) is 15.0 Å². The van der Waals surface area contributed by atoms with Crippen LogP contribution in [0.5, 0.6) is 0 Å². The van der Waals surface area contributed by atoms with Gasteiger partial charge in [0.25, 0.3) is 5.69 Å². The largest absolute Gasteiger partial charge is 0.379 e. The van der Waals surface area contributed by atoms with E-state index in [-0.39, 0.29) is 23.2 Å². The maximum atomic E-state index is 11.2. The number of rotatable bonds is 8. The lowest BCUT2D eigenvalue weighted by Gasteiger charge is -2.34. The third-order valence-electron chi connectivity index (χ3n) is 4.76. The van der Waals surface area contributed by atoms with E-state index in [4.69, 9.17) is 4.74 Å². The summed E-state index contributed by atoms with van der Waals surface area (Å²) in [5.41, 5.74) is 0.689. The number of nitrogens with zero attached hydrogens (tertiary/aromatic N) is 3. The van der Waals surface area contributed by atoms with Gasteiger partial charge in [0.2, 0.25) is 0 Å². The van der Waals surface area contributed by atoms with E-state index >= 15 is 0 Å². The molecule has 1 fully saturated rings. The first-order valence-corrected chi connectivity index (χ1v) is 10.7. The van der Waals surface area contributed by atoms with Gasteiger partial charge in [-0.1, -0.05) is 24.3 Å². The molecule has 1 saturated heterocycles. The van der Waals surface area contributed by atoms with Crippen LogP contribution in [0.3, 0.4) is 0 Å². The molecule has 2 heterocycles. The number of benzene rings is 1. The Balaban J connectivity index is 1.70. The first kappa shape index (κ1) is 21.2. The maximum Gasteiger partial charge on any atom is 0.274 e. The summed E-state index contributed by atoms with van der Waals surface area (Å²) in [6, 6.07) is 11.2. The van der Waals surface area contributed by atoms with Gasteiger partial charge in [-0.25, -0.2) is 4.99 Å². The highest BCUT2D eigenvalue weighted by Crippen LogP contribution is 2.25. The van der Waals surface area contributed by atoms with E-state index in [1.54, 1.807) is 29.5 Å². The number of guanidine groups is 1. The fourth-order valence-electron chi connectivity index (χ4n) is 3.30. The van der Waals surface area contributed by atoms with Crippen LogP contribution in [0.2, 0.25) is 0 Å². The molecule has 1 aliphatic heterocycles. The Morgan fingerprint density at radius 1 is 1.28 bits per heavy atom. The number of ether oxygens (including phenoxy) is 1. The zero-order valence-corrected chi connectivity index (χ0v) is 17.4. The molecule has 0 aliphatic carbocycles. The summed E-state index contributed by atoms with van der Waals surface area (Å²) in [4.78, 5) is 19.2. The Morgan fingerprint density at radius 3 is 2.76 bits per heavy atom. The summed E-state index contributed by atoms with van der Waals surface area (Å²) < 4.78 is 5.50. The molecule has 0 bridgehead atoms. The summed E-state index contributed by atoms with van der Waals surface area (Å²) in [5.74, 6) is 0.653. The van der Waals surface area contributed by atoms with E-state index in [9.17, 15) is 10.1 Å². The van der Waals surface area contributed by atoms with Crippen molar-refractivity contribution >= 4 is 23.0 Å². The van der Waals surface area contributed by atoms with Crippen molar-refractivity contribution in [2.75, 3.05) is 39.4 Å². The predicted molar refractivity (Wildman–Crippen MR) is 115 cm³/mol. The molecular formula is C20H27N5O3S. The molecule has 1 aliphatic rings. The minimum atomic E-state index is -0.365. The average Bonchev–Trinajstić information content (AvgIpc) is 3.27. The van der Waals surface area contributed by atoms with Crippen LogP contribution in [0.1, 0.15) is 23.4 Å². The minimum absolute atomic E-state index is 0.0943. The molecule has 0 radical (unpaired) electrons. The first-order chi connectivity index (χ1) is 14.2. The first-order valence-electron chi connectivity index (χ1n) is 9.78. The van der Waals surface area contributed by atoms with Crippen LogP contribution in [0, 0.1) is 10.1 Å². The van der Waals surface area contributed by atoms with Crippen LogP contribution in [-0.2, 0) is 11.3 Å². The molecule has 2 N–H and O–H groups in total. The second kappa shape index (κ2) is 10.9. The molecule has 8 nitrogen and oxygen atoms in total. The number of nitro benzene ring substituents is 1. The zero-order chi connectivity index (χ0) is 20.5. The second-order valence-electron chi connectivity index (χ2n) is 6.64. The van der Waals surface area contributed by atoms with Crippen molar-refractivity contribution < 1.29 is 9.66 Å². The van der Waals surface area contributed by atoms with Crippen molar-refractivity contribution in [2.45, 2.75) is 19.5 Å². The lowest BCUT2D eigenvalue weighted by atomic mass is 10.2. The number of nitrogens with one attached hydrogen (secondary N) is 2. The van der Waals surface area contributed by atoms with Gasteiger partial charge in [0.15, 0.2) is 5.96 Å². The molecule has 156 valence electrons. The van der Waals surface area contributed by atoms with Gasteiger partial charge in [-0.05, 0) is 18.4 Å². The molecular weight excluding hydrogens is 390 g/mol. The topological polar surface area (TPSA) is 92.0 Å². The lowest BCUT2D eigenvalue weighted by Crippen LogP contribution is -2.46. The van der Waals surface area contributed by atoms with Crippen LogP contribution in [0.4, 0.5) is 5.69 Å². The van der Waals surface area contributed by atoms with Gasteiger partial charge in [0.1, 0.15) is 0 Å². The number of aliphatic imine (C=N–C) groups is 1. The maximum absolute atomic E-state index is 11.2. The van der Waals surface area contributed by atoms with E-state index in [1.165, 1.54) is 10.9 Å². The predicted octanol–water partition coefficient (Wildman–Crippen LogP) is 2.78. The minimum Gasteiger partial charge on any atom is -0.379 e. The Kier molecular flexibility index (Phi) is 7.97. The SMILES string of the molecule is CCNC(=NCc1ccccc1[N+](=O)[O-])NCC(c1cccs1)N1CCOCC1. The van der Waals surface area contributed by atoms with E-state index in [2.05, 4.69) is 38.0 Å². The van der Waals surface area contributed by atoms with Gasteiger partial charge < -0.3 is 15.4 Å². The highest BCUT2D eigenvalue weighted by molar-refractivity contribution is 7.10. The van der Waals surface area contributed by atoms with Crippen LogP contribution < -0.4 is 10.6 Å². The number of morpholine rings is 1. The van der Waals surface area contributed by atoms with Gasteiger partial charge in [-0.15, -0.1) is 11.3 Å². The number of hydrogen-bond acceptors (Lipinski definition) is 6. The summed E-state index contributed by atoms with van der Waals surface area (Å²) >= 11 is 1.75. The number of thiophene rings is 1. The Bertz CT molecular complexity index is 806. The molecule has 1 atom stereocenters. The second-order valence-corrected chi connectivity index (χ2v) is 7.62. The summed E-state index contributed by atoms with van der Waals surface area (Å²) in [6.07, 6.45) is 0. The highest BCUT2D eigenvalue weighted by atomic mass is 32.1. The monoisotopic (exact) mass is 417 g/mol. The molecule has 29 heavy (non-hydrogen) atoms. The quantitative estimate of drug-likeness (QED) is 0.297. The fourth-order valence-corrected chi connectivity index (χ4v) is 4.16. The van der Waals surface area contributed by atoms with Crippen molar-refractivity contribution in [1.29, 1.82) is 0 Å². The van der Waals surface area contributed by atoms with Crippen LogP contribution in [-0.4, -0.2) is 55.2 Å². The highest BCUT2D eigenvalue weighted by Gasteiger charge is 2.23.